The van der Waals surface area contributed by atoms with Crippen molar-refractivity contribution >= 4 is 13.3 Å². The van der Waals surface area contributed by atoms with Crippen molar-refractivity contribution in [3.63, 3.8) is 0 Å². The largest absolute Gasteiger partial charge is 0.264 e. The van der Waals surface area contributed by atoms with Crippen LogP contribution in [0.15, 0.2) is 31.1 Å². The fourth-order valence-electron chi connectivity index (χ4n) is 2.24. The summed E-state index contributed by atoms with van der Waals surface area (Å²) in [6.07, 6.45) is 3.77. The molecule has 0 spiro atoms. The monoisotopic (exact) mass is 219 g/mol. The molecule has 0 saturated heterocycles. The van der Waals surface area contributed by atoms with Crippen molar-refractivity contribution in [2.45, 2.75) is 38.9 Å². The Morgan fingerprint density at radius 3 is 2.27 bits per heavy atom. The quantitative estimate of drug-likeness (QED) is 0.678. The maximum Gasteiger partial charge on any atom is 0.0859 e. The van der Waals surface area contributed by atoms with Crippen LogP contribution in [0.3, 0.4) is 0 Å². The summed E-state index contributed by atoms with van der Waals surface area (Å²) >= 11 is 0. The van der Waals surface area contributed by atoms with E-state index in [0.717, 1.165) is 0 Å². The van der Waals surface area contributed by atoms with Crippen LogP contribution >= 0.6 is 0 Å². The van der Waals surface area contributed by atoms with Gasteiger partial charge in [0.15, 0.2) is 0 Å². The zero-order chi connectivity index (χ0) is 11.3. The van der Waals surface area contributed by atoms with Crippen LogP contribution in [0.4, 0.5) is 0 Å². The maximum atomic E-state index is 4.33. The van der Waals surface area contributed by atoms with Gasteiger partial charge in [-0.1, -0.05) is 56.7 Å². The van der Waals surface area contributed by atoms with Crippen LogP contribution in [-0.4, -0.2) is 13.1 Å². The van der Waals surface area contributed by atoms with E-state index in [1.165, 1.54) is 28.9 Å². The SMILES string of the molecule is C=C(c1cccnc1)[Si](CC)(CC)CC. The van der Waals surface area contributed by atoms with E-state index in [0.29, 0.717) is 0 Å². The van der Waals surface area contributed by atoms with Crippen LogP contribution in [0.1, 0.15) is 26.3 Å². The van der Waals surface area contributed by atoms with Gasteiger partial charge in [0.25, 0.3) is 0 Å². The number of pyridine rings is 1. The lowest BCUT2D eigenvalue weighted by Crippen LogP contribution is -2.33. The van der Waals surface area contributed by atoms with Gasteiger partial charge in [-0.25, -0.2) is 0 Å². The molecule has 0 aliphatic heterocycles. The summed E-state index contributed by atoms with van der Waals surface area (Å²) in [6, 6.07) is 7.99. The number of hydrogen-bond donors (Lipinski definition) is 0. The third-order valence-corrected chi connectivity index (χ3v) is 9.31. The second-order valence-corrected chi connectivity index (χ2v) is 9.35. The van der Waals surface area contributed by atoms with Gasteiger partial charge in [-0.3, -0.25) is 4.98 Å². The second kappa shape index (κ2) is 5.26. The van der Waals surface area contributed by atoms with Crippen molar-refractivity contribution in [3.05, 3.63) is 36.7 Å². The number of nitrogens with zero attached hydrogens (tertiary/aromatic N) is 1. The van der Waals surface area contributed by atoms with E-state index < -0.39 is 8.07 Å². The van der Waals surface area contributed by atoms with Gasteiger partial charge in [0.2, 0.25) is 0 Å². The molecule has 1 nitrogen and oxygen atoms in total. The lowest BCUT2D eigenvalue weighted by molar-refractivity contribution is 1.19. The second-order valence-electron chi connectivity index (χ2n) is 4.06. The van der Waals surface area contributed by atoms with Crippen LogP contribution < -0.4 is 0 Å². The van der Waals surface area contributed by atoms with Crippen molar-refractivity contribution in [1.29, 1.82) is 0 Å². The predicted octanol–water partition coefficient (Wildman–Crippen LogP) is 4.14. The molecule has 0 N–H and O–H groups in total. The first-order valence-electron chi connectivity index (χ1n) is 5.80. The van der Waals surface area contributed by atoms with Gasteiger partial charge in [0.05, 0.1) is 8.07 Å². The van der Waals surface area contributed by atoms with Crippen LogP contribution in [0, 0.1) is 0 Å². The van der Waals surface area contributed by atoms with Crippen LogP contribution in [-0.2, 0) is 0 Å². The smallest absolute Gasteiger partial charge is 0.0859 e. The standard InChI is InChI=1S/C13H21NSi/c1-5-15(6-2,7-3)12(4)13-9-8-10-14-11-13/h8-11H,4-7H2,1-3H3. The molecule has 0 saturated carbocycles. The molecule has 0 atom stereocenters. The Kier molecular flexibility index (Phi) is 4.27. The molecule has 1 heterocycles. The Balaban J connectivity index is 3.01. The van der Waals surface area contributed by atoms with Gasteiger partial charge in [0, 0.05) is 12.4 Å². The van der Waals surface area contributed by atoms with E-state index in [-0.39, 0.29) is 0 Å². The number of hydrogen-bond acceptors (Lipinski definition) is 1. The highest BCUT2D eigenvalue weighted by atomic mass is 28.3. The molecule has 0 amide bonds. The van der Waals surface area contributed by atoms with Crippen molar-refractivity contribution in [2.24, 2.45) is 0 Å². The lowest BCUT2D eigenvalue weighted by atomic mass is 10.3. The molecular weight excluding hydrogens is 198 g/mol. The average Bonchev–Trinajstić information content (AvgIpc) is 2.33. The minimum atomic E-state index is -1.30. The first-order valence-corrected chi connectivity index (χ1v) is 8.42. The molecule has 0 unspecified atom stereocenters. The Labute approximate surface area is 94.3 Å². The topological polar surface area (TPSA) is 12.9 Å². The van der Waals surface area contributed by atoms with Gasteiger partial charge in [-0.15, -0.1) is 0 Å². The Hall–Kier alpha value is -0.893. The van der Waals surface area contributed by atoms with E-state index in [4.69, 9.17) is 0 Å². The first kappa shape index (κ1) is 12.2. The van der Waals surface area contributed by atoms with E-state index in [9.17, 15) is 0 Å². The number of aromatic nitrogens is 1. The third-order valence-electron chi connectivity index (χ3n) is 3.68. The molecule has 0 bridgehead atoms. The molecule has 2 heteroatoms. The number of rotatable bonds is 5. The highest BCUT2D eigenvalue weighted by Crippen LogP contribution is 2.33. The average molecular weight is 219 g/mol. The molecule has 0 aliphatic carbocycles. The van der Waals surface area contributed by atoms with E-state index in [1.54, 1.807) is 0 Å². The molecule has 1 aromatic heterocycles. The van der Waals surface area contributed by atoms with E-state index >= 15 is 0 Å². The molecule has 82 valence electrons. The van der Waals surface area contributed by atoms with Crippen LogP contribution in [0.2, 0.25) is 18.1 Å². The normalized spacial score (nSPS) is 11.4. The van der Waals surface area contributed by atoms with Gasteiger partial charge >= 0.3 is 0 Å². The van der Waals surface area contributed by atoms with Crippen molar-refractivity contribution < 1.29 is 0 Å². The van der Waals surface area contributed by atoms with Crippen molar-refractivity contribution in [2.75, 3.05) is 0 Å². The van der Waals surface area contributed by atoms with Gasteiger partial charge in [-0.2, -0.15) is 0 Å². The van der Waals surface area contributed by atoms with Gasteiger partial charge in [0.1, 0.15) is 0 Å². The van der Waals surface area contributed by atoms with E-state index in [2.05, 4.69) is 38.4 Å². The molecule has 0 aliphatic rings. The van der Waals surface area contributed by atoms with Gasteiger partial charge in [-0.05, 0) is 11.6 Å². The summed E-state index contributed by atoms with van der Waals surface area (Å²) in [5, 5.41) is 1.38. The molecule has 0 fully saturated rings. The zero-order valence-corrected chi connectivity index (χ0v) is 11.1. The summed E-state index contributed by atoms with van der Waals surface area (Å²) in [6.45, 7) is 11.3. The fourth-order valence-corrected chi connectivity index (χ4v) is 5.78. The Morgan fingerprint density at radius 2 is 1.87 bits per heavy atom. The summed E-state index contributed by atoms with van der Waals surface area (Å²) in [5.74, 6) is 0. The zero-order valence-electron chi connectivity index (χ0n) is 10.1. The summed E-state index contributed by atoms with van der Waals surface area (Å²) < 4.78 is 0. The molecule has 0 radical (unpaired) electrons. The first-order chi connectivity index (χ1) is 7.20. The molecule has 0 aromatic carbocycles. The summed E-state index contributed by atoms with van der Waals surface area (Å²) in [5.41, 5.74) is 1.25. The Bertz CT molecular complexity index is 306. The van der Waals surface area contributed by atoms with Gasteiger partial charge < -0.3 is 0 Å². The molecule has 1 aromatic rings. The minimum absolute atomic E-state index is 1.25. The van der Waals surface area contributed by atoms with Crippen molar-refractivity contribution in [1.82, 2.24) is 4.98 Å². The van der Waals surface area contributed by atoms with Crippen LogP contribution in [0.5, 0.6) is 0 Å². The maximum absolute atomic E-state index is 4.33. The highest BCUT2D eigenvalue weighted by Gasteiger charge is 2.30. The van der Waals surface area contributed by atoms with E-state index in [1.807, 2.05) is 18.5 Å². The molecular formula is C13H21NSi. The van der Waals surface area contributed by atoms with Crippen LogP contribution in [0.25, 0.3) is 5.20 Å². The molecule has 1 rings (SSSR count). The summed E-state index contributed by atoms with van der Waals surface area (Å²) in [7, 11) is -1.30. The predicted molar refractivity (Wildman–Crippen MR) is 70.5 cm³/mol. The Morgan fingerprint density at radius 1 is 1.27 bits per heavy atom. The minimum Gasteiger partial charge on any atom is -0.264 e. The summed E-state index contributed by atoms with van der Waals surface area (Å²) in [4.78, 5) is 4.18. The lowest BCUT2D eigenvalue weighted by Gasteiger charge is -2.30. The van der Waals surface area contributed by atoms with Crippen molar-refractivity contribution in [3.8, 4) is 0 Å². The fraction of sp³-hybridized carbons (Fsp3) is 0.462. The highest BCUT2D eigenvalue weighted by molar-refractivity contribution is 6.96. The molecule has 15 heavy (non-hydrogen) atoms. The third kappa shape index (κ3) is 2.37.